The van der Waals surface area contributed by atoms with E-state index in [0.717, 1.165) is 94.1 Å². The van der Waals surface area contributed by atoms with Gasteiger partial charge in [-0.15, -0.1) is 0 Å². The minimum Gasteiger partial charge on any atom is -0.550 e. The van der Waals surface area contributed by atoms with E-state index in [0.29, 0.717) is 0 Å². The Morgan fingerprint density at radius 1 is 0.160 bits per heavy atom. The van der Waals surface area contributed by atoms with E-state index < -0.39 is 345 Å². The average Bonchev–Trinajstić information content (AvgIpc) is 0.767. The summed E-state index contributed by atoms with van der Waals surface area (Å²) in [4.78, 5) is 92.5. The Bertz CT molecular complexity index is 3000. The number of aliphatic hydroxyl groups excluding tert-OH is 16. The van der Waals surface area contributed by atoms with E-state index in [4.69, 9.17) is 75.8 Å². The topological polar surface area (TPSA) is 792 Å². The van der Waals surface area contributed by atoms with Crippen molar-refractivity contribution in [2.45, 2.75) is 348 Å². The summed E-state index contributed by atoms with van der Waals surface area (Å²) in [5.41, 5.74) is 0. The van der Waals surface area contributed by atoms with Gasteiger partial charge < -0.3 is 237 Å². The van der Waals surface area contributed by atoms with Gasteiger partial charge in [0, 0.05) is 93.8 Å². The van der Waals surface area contributed by atoms with Crippen LogP contribution < -0.4 is 277 Å². The van der Waals surface area contributed by atoms with Gasteiger partial charge in [0.1, 0.15) is 146 Å². The number of aliphatic hydroxyl groups is 16. The Balaban J connectivity index is 0.0000130. The summed E-state index contributed by atoms with van der Waals surface area (Å²) in [6.45, 7) is 0. The number of carbonyl (C=O) groups is 8. The fraction of sp³-hybridized carbons (Fsp3) is 0.900. The SMILES string of the molecule is O=C([O-])CCCSC[C@@H]1O[C@H]2O[C@@H]3[C@H](O)[C@@H](O)[C@H](O[C@@H]4[C@@H](O)[C@@H](O)[C@@H](O[C@@H]5[C@@H](O)[C@H](O)[C@H](O[C@@H]6[C@@H](O)[C@H](O)[C@H](O[C@@H]7[C@@H](O)[C@H](O)[C@H](O[C@H]8[C@@H](O)[C@@H](O)[C@H](O[C@@H]9[C@H](O)[C@@H](O)[C@H](O[C@@H]1[C@H](O)[C@H]2O)O[C@H]9CSCCCC(=O)[O-])O[C@@H]8CSCCCC(=O)[O-])O[C@@H]7CSCCCC(=O)[O-])O[C@@H]6CSCCCC(=O)[O-])O[C@@H]5CSCCCC(=O)[O-])O[C@@H]4CSCCCC(=O)[O-])O[C@H]3CSCCCC(=O)[O-].[Na+].[Na+].[Na+].[Na+].[Na+].[Na+].[Na+].[Na+]. The van der Waals surface area contributed by atoms with Crippen LogP contribution in [0.3, 0.4) is 0 Å². The number of hydrogen-bond acceptors (Lipinski definition) is 56. The maximum Gasteiger partial charge on any atom is 1.00 e. The maximum absolute atomic E-state index is 12.4. The molecule has 0 aromatic rings. The monoisotopic (exact) mass is 2290 g/mol. The molecule has 64 heteroatoms. The third kappa shape index (κ3) is 46.2. The first-order valence-corrected chi connectivity index (χ1v) is 53.6. The largest absolute Gasteiger partial charge is 1.00 e. The van der Waals surface area contributed by atoms with E-state index in [9.17, 15) is 161 Å². The van der Waals surface area contributed by atoms with Gasteiger partial charge in [-0.05, 0) is 149 Å². The van der Waals surface area contributed by atoms with E-state index in [-0.39, 0.29) is 380 Å². The molecule has 0 unspecified atom stereocenters. The smallest absolute Gasteiger partial charge is 0.550 e. The molecule has 30 heterocycles. The minimum absolute atomic E-state index is 0. The van der Waals surface area contributed by atoms with Gasteiger partial charge in [-0.2, -0.15) is 94.1 Å². The van der Waals surface area contributed by atoms with Gasteiger partial charge >= 0.3 is 236 Å². The predicted molar refractivity (Wildman–Crippen MR) is 457 cm³/mol. The van der Waals surface area contributed by atoms with Crippen molar-refractivity contribution in [3.63, 3.8) is 0 Å². The summed E-state index contributed by atoms with van der Waals surface area (Å²) in [6, 6.07) is 0. The van der Waals surface area contributed by atoms with Crippen LogP contribution in [0, 0.1) is 0 Å². The van der Waals surface area contributed by atoms with E-state index >= 15 is 0 Å². The average molecular weight is 2290 g/mol. The van der Waals surface area contributed by atoms with Gasteiger partial charge in [0.15, 0.2) is 50.3 Å². The van der Waals surface area contributed by atoms with Crippen molar-refractivity contribution in [3.05, 3.63) is 0 Å². The number of carboxylic acid groups (broad SMARTS) is 8. The number of thioether (sulfide) groups is 8. The van der Waals surface area contributed by atoms with Crippen molar-refractivity contribution in [2.75, 3.05) is 92.0 Å². The van der Waals surface area contributed by atoms with E-state index in [2.05, 4.69) is 0 Å². The van der Waals surface area contributed by atoms with Crippen molar-refractivity contribution in [1.82, 2.24) is 0 Å². The molecule has 16 bridgehead atoms. The van der Waals surface area contributed by atoms with Crippen LogP contribution in [-0.2, 0) is 114 Å². The van der Waals surface area contributed by atoms with E-state index in [1.807, 2.05) is 0 Å². The summed E-state index contributed by atoms with van der Waals surface area (Å²) in [5.74, 6) is -13.6. The van der Waals surface area contributed by atoms with Crippen LogP contribution >= 0.6 is 94.1 Å². The molecule has 784 valence electrons. The zero-order chi connectivity index (χ0) is 99.3. The number of ether oxygens (including phenoxy) is 16. The molecule has 30 aliphatic heterocycles. The third-order valence-electron chi connectivity index (χ3n) is 23.1. The Morgan fingerprint density at radius 2 is 0.250 bits per heavy atom. The van der Waals surface area contributed by atoms with Gasteiger partial charge in [0.25, 0.3) is 0 Å². The van der Waals surface area contributed by atoms with Crippen LogP contribution in [0.4, 0.5) is 0 Å². The molecular formula is C80H120Na8O48S8. The molecule has 16 N–H and O–H groups in total. The quantitative estimate of drug-likeness (QED) is 0.0199. The molecule has 30 aliphatic rings. The number of rotatable bonds is 48. The standard InChI is InChI=1S/C80H128O48S8.8Na/c81-41(82)9-1-17-129-25-33-65-49(97)57(105)73(113-33)122-66-34(26-130-18-2-10-42(83)84)115-75(59(107)51(66)99)124-68-36(28-132-20-4-12-44(87)88)117-77(61(109)53(68)101)126-70-38(30-134-22-6-14-46(91)92)119-79(63(111)55(70)103)128-72-40(32-136-24-8-16-48(95)96)120-80(64(112)56(72)104)127-71-39(31-135-23-7-15-47(93)94)118-78(62(110)54(71)102)125-69-37(29-133-21-5-13-45(89)90)116-76(60(108)52(69)100)123-67-35(27-131-19-3-11-43(85)86)114-74(121-65)58(106)50(67)98;;;;;;;;/h33-40,49-80,97-112H,1-32H2,(H,81,82)(H,83,84)(H,85,86)(H,87,88)(H,89,90)(H,91,92)(H,93,94)(H,95,96);;;;;;;;/q;8*+1/p-8/t33-,34-,35-,36-,37-,38+,39+,40+,49+,50+,51+,52+,53+,54-,55-,56-,57+,58+,59+,60-,61-,62-,63-,64-,65+,66+,67+,68-,69+,70+,71+,72+,73+,74+,75+,76-,77+,78+,79+,80+;;;;;;;;/m1......../s1. The van der Waals surface area contributed by atoms with Crippen molar-refractivity contribution in [3.8, 4) is 0 Å². The number of carboxylic acids is 8. The summed E-state index contributed by atoms with van der Waals surface area (Å²) in [6.07, 6.45) is -84.9. The van der Waals surface area contributed by atoms with E-state index in [1.165, 1.54) is 0 Å². The Kier molecular flexibility index (Phi) is 78.1. The second-order valence-electron chi connectivity index (χ2n) is 33.4. The van der Waals surface area contributed by atoms with Gasteiger partial charge in [-0.25, -0.2) is 0 Å². The first-order valence-electron chi connectivity index (χ1n) is 44.3. The number of aliphatic carboxylic acids is 8. The van der Waals surface area contributed by atoms with Crippen LogP contribution in [-0.4, -0.2) is 467 Å². The normalized spacial score (nSPS) is 37.6. The van der Waals surface area contributed by atoms with Crippen LogP contribution in [0.5, 0.6) is 0 Å². The van der Waals surface area contributed by atoms with Crippen molar-refractivity contribution in [1.29, 1.82) is 0 Å². The first-order chi connectivity index (χ1) is 64.7. The number of carbonyl (C=O) groups excluding carboxylic acids is 8. The predicted octanol–water partition coefficient (Wildman–Crippen LogP) is -39.2. The van der Waals surface area contributed by atoms with Gasteiger partial charge in [-0.1, -0.05) is 0 Å². The maximum atomic E-state index is 12.4. The van der Waals surface area contributed by atoms with Gasteiger partial charge in [-0.3, -0.25) is 0 Å². The van der Waals surface area contributed by atoms with Gasteiger partial charge in [0.2, 0.25) is 0 Å². The fourth-order valence-corrected chi connectivity index (χ4v) is 24.1. The van der Waals surface area contributed by atoms with Gasteiger partial charge in [0.05, 0.1) is 48.8 Å². The van der Waals surface area contributed by atoms with Crippen LogP contribution in [0.2, 0.25) is 0 Å². The van der Waals surface area contributed by atoms with E-state index in [1.54, 1.807) is 0 Å². The molecule has 30 rings (SSSR count). The molecular weight excluding hydrogens is 2170 g/mol. The summed E-state index contributed by atoms with van der Waals surface area (Å²) in [7, 11) is 0. The Labute approximate surface area is 1040 Å². The Morgan fingerprint density at radius 3 is 0.333 bits per heavy atom. The molecule has 30 fully saturated rings. The Hall–Kier alpha value is 5.28. The molecule has 40 atom stereocenters. The molecule has 30 saturated heterocycles. The molecule has 0 radical (unpaired) electrons. The first kappa shape index (κ1) is 147. The fourth-order valence-electron chi connectivity index (χ4n) is 15.9. The molecule has 0 amide bonds. The molecule has 48 nitrogen and oxygen atoms in total. The van der Waals surface area contributed by atoms with Crippen molar-refractivity contribution in [2.24, 2.45) is 0 Å². The van der Waals surface area contributed by atoms with Crippen LogP contribution in [0.1, 0.15) is 103 Å². The zero-order valence-electron chi connectivity index (χ0n) is 81.2. The zero-order valence-corrected chi connectivity index (χ0v) is 104. The summed E-state index contributed by atoms with van der Waals surface area (Å²) in [5, 5.41) is 290. The summed E-state index contributed by atoms with van der Waals surface area (Å²) >= 11 is 7.94. The summed E-state index contributed by atoms with van der Waals surface area (Å²) < 4.78 is 102. The molecule has 0 spiro atoms. The van der Waals surface area contributed by atoms with Crippen LogP contribution in [0.25, 0.3) is 0 Å². The second-order valence-corrected chi connectivity index (χ2v) is 42.6. The molecule has 0 aliphatic carbocycles. The van der Waals surface area contributed by atoms with Crippen LogP contribution in [0.15, 0.2) is 0 Å². The van der Waals surface area contributed by atoms with Crippen molar-refractivity contribution < 1.29 is 473 Å². The molecule has 144 heavy (non-hydrogen) atoms. The number of hydrogen-bond donors (Lipinski definition) is 16. The third-order valence-corrected chi connectivity index (χ3v) is 32.2. The minimum atomic E-state index is -2.31. The molecule has 0 saturated carbocycles. The second kappa shape index (κ2) is 76.3. The molecule has 0 aromatic carbocycles. The van der Waals surface area contributed by atoms with Crippen molar-refractivity contribution >= 4 is 142 Å². The molecule has 0 aromatic heterocycles.